The van der Waals surface area contributed by atoms with E-state index in [-0.39, 0.29) is 24.3 Å². The van der Waals surface area contributed by atoms with Gasteiger partial charge in [-0.1, -0.05) is 19.1 Å². The van der Waals surface area contributed by atoms with Gasteiger partial charge in [-0.05, 0) is 43.5 Å². The second kappa shape index (κ2) is 6.65. The molecule has 1 saturated heterocycles. The number of aliphatic hydroxyl groups excluding tert-OH is 1. The number of carbonyl (C=O) groups excluding carboxylic acids is 1. The lowest BCUT2D eigenvalue weighted by atomic mass is 10.0. The maximum absolute atomic E-state index is 13.6. The van der Waals surface area contributed by atoms with Crippen LogP contribution in [0.4, 0.5) is 4.39 Å². The first-order valence-electron chi connectivity index (χ1n) is 8.07. The summed E-state index contributed by atoms with van der Waals surface area (Å²) in [6.07, 6.45) is 0.368. The number of β-amino-alcohol motifs (C(OH)–C–C–N with tert-alkyl or cyclic N) is 1. The molecule has 6 heteroatoms. The SMILES string of the molecule is CCc1nnc(C)cc1C(=O)N1CC(O)CC1c1cccc(F)c1. The smallest absolute Gasteiger partial charge is 0.256 e. The minimum Gasteiger partial charge on any atom is -0.391 e. The number of nitrogens with zero attached hydrogens (tertiary/aromatic N) is 3. The Morgan fingerprint density at radius 1 is 1.38 bits per heavy atom. The van der Waals surface area contributed by atoms with E-state index >= 15 is 0 Å². The zero-order chi connectivity index (χ0) is 17.3. The summed E-state index contributed by atoms with van der Waals surface area (Å²) in [5, 5.41) is 18.2. The molecule has 2 unspecified atom stereocenters. The average molecular weight is 329 g/mol. The molecule has 1 aliphatic rings. The molecule has 3 rings (SSSR count). The van der Waals surface area contributed by atoms with Crippen LogP contribution in [0.5, 0.6) is 0 Å². The Morgan fingerprint density at radius 2 is 2.17 bits per heavy atom. The highest BCUT2D eigenvalue weighted by molar-refractivity contribution is 5.95. The molecular formula is C18H20FN3O2. The Morgan fingerprint density at radius 3 is 2.88 bits per heavy atom. The van der Waals surface area contributed by atoms with Crippen LogP contribution in [0.3, 0.4) is 0 Å². The number of carbonyl (C=O) groups is 1. The summed E-state index contributed by atoms with van der Waals surface area (Å²) in [4.78, 5) is 14.7. The number of rotatable bonds is 3. The van der Waals surface area contributed by atoms with Crippen LogP contribution < -0.4 is 0 Å². The third-order valence-electron chi connectivity index (χ3n) is 4.33. The Bertz CT molecular complexity index is 766. The van der Waals surface area contributed by atoms with Gasteiger partial charge in [0.1, 0.15) is 5.82 Å². The van der Waals surface area contributed by atoms with Crippen LogP contribution in [-0.4, -0.2) is 38.8 Å². The first-order valence-corrected chi connectivity index (χ1v) is 8.07. The number of halogens is 1. The van der Waals surface area contributed by atoms with Crippen molar-refractivity contribution in [2.24, 2.45) is 0 Å². The highest BCUT2D eigenvalue weighted by atomic mass is 19.1. The van der Waals surface area contributed by atoms with Crippen LogP contribution in [0.1, 0.15) is 46.7 Å². The van der Waals surface area contributed by atoms with Gasteiger partial charge in [-0.15, -0.1) is 0 Å². The molecule has 24 heavy (non-hydrogen) atoms. The van der Waals surface area contributed by atoms with Crippen molar-refractivity contribution >= 4 is 5.91 Å². The topological polar surface area (TPSA) is 66.3 Å². The second-order valence-electron chi connectivity index (χ2n) is 6.12. The first-order chi connectivity index (χ1) is 11.5. The predicted molar refractivity (Wildman–Crippen MR) is 86.9 cm³/mol. The van der Waals surface area contributed by atoms with E-state index in [0.717, 1.165) is 0 Å². The number of aromatic nitrogens is 2. The normalized spacial score (nSPS) is 20.4. The maximum Gasteiger partial charge on any atom is 0.256 e. The van der Waals surface area contributed by atoms with Crippen LogP contribution >= 0.6 is 0 Å². The van der Waals surface area contributed by atoms with Crippen LogP contribution in [0.15, 0.2) is 30.3 Å². The molecule has 2 aromatic rings. The molecule has 0 bridgehead atoms. The van der Waals surface area contributed by atoms with Crippen LogP contribution in [0.2, 0.25) is 0 Å². The molecule has 1 amide bonds. The molecule has 0 saturated carbocycles. The monoisotopic (exact) mass is 329 g/mol. The van der Waals surface area contributed by atoms with E-state index in [1.807, 2.05) is 6.92 Å². The summed E-state index contributed by atoms with van der Waals surface area (Å²) in [6, 6.07) is 7.56. The van der Waals surface area contributed by atoms with Gasteiger partial charge >= 0.3 is 0 Å². The zero-order valence-electron chi connectivity index (χ0n) is 13.7. The molecular weight excluding hydrogens is 309 g/mol. The van der Waals surface area contributed by atoms with Crippen molar-refractivity contribution in [3.8, 4) is 0 Å². The molecule has 1 N–H and O–H groups in total. The fourth-order valence-corrected chi connectivity index (χ4v) is 3.18. The lowest BCUT2D eigenvalue weighted by molar-refractivity contribution is 0.0713. The maximum atomic E-state index is 13.6. The van der Waals surface area contributed by atoms with Crippen molar-refractivity contribution in [2.45, 2.75) is 38.8 Å². The van der Waals surface area contributed by atoms with E-state index in [9.17, 15) is 14.3 Å². The minimum atomic E-state index is -0.622. The Balaban J connectivity index is 1.97. The number of aryl methyl sites for hydroxylation is 2. The molecule has 0 radical (unpaired) electrons. The largest absolute Gasteiger partial charge is 0.391 e. The average Bonchev–Trinajstić information content (AvgIpc) is 2.96. The lowest BCUT2D eigenvalue weighted by Gasteiger charge is -2.25. The summed E-state index contributed by atoms with van der Waals surface area (Å²) in [6.45, 7) is 3.93. The quantitative estimate of drug-likeness (QED) is 0.939. The highest BCUT2D eigenvalue weighted by Crippen LogP contribution is 2.34. The van der Waals surface area contributed by atoms with Crippen molar-refractivity contribution in [3.05, 3.63) is 58.7 Å². The molecule has 1 fully saturated rings. The third kappa shape index (κ3) is 3.14. The van der Waals surface area contributed by atoms with E-state index in [0.29, 0.717) is 35.4 Å². The van der Waals surface area contributed by atoms with Crippen LogP contribution in [0, 0.1) is 12.7 Å². The molecule has 126 valence electrons. The summed E-state index contributed by atoms with van der Waals surface area (Å²) in [7, 11) is 0. The fraction of sp³-hybridized carbons (Fsp3) is 0.389. The van der Waals surface area contributed by atoms with Crippen molar-refractivity contribution in [1.29, 1.82) is 0 Å². The summed E-state index contributed by atoms with van der Waals surface area (Å²) in [5.74, 6) is -0.549. The lowest BCUT2D eigenvalue weighted by Crippen LogP contribution is -2.33. The van der Waals surface area contributed by atoms with Crippen LogP contribution in [0.25, 0.3) is 0 Å². The number of likely N-dealkylation sites (tertiary alicyclic amines) is 1. The number of hydrogen-bond acceptors (Lipinski definition) is 4. The minimum absolute atomic E-state index is 0.198. The molecule has 2 heterocycles. The number of amides is 1. The number of aliphatic hydroxyl groups is 1. The summed E-state index contributed by atoms with van der Waals surface area (Å²) >= 11 is 0. The third-order valence-corrected chi connectivity index (χ3v) is 4.33. The van der Waals surface area contributed by atoms with E-state index in [1.54, 1.807) is 30.0 Å². The second-order valence-corrected chi connectivity index (χ2v) is 6.12. The Hall–Kier alpha value is -2.34. The van der Waals surface area contributed by atoms with Gasteiger partial charge in [0, 0.05) is 6.54 Å². The van der Waals surface area contributed by atoms with Crippen molar-refractivity contribution in [2.75, 3.05) is 6.54 Å². The molecule has 1 aromatic heterocycles. The molecule has 2 atom stereocenters. The van der Waals surface area contributed by atoms with Gasteiger partial charge in [-0.25, -0.2) is 4.39 Å². The van der Waals surface area contributed by atoms with Gasteiger partial charge in [0.15, 0.2) is 0 Å². The van der Waals surface area contributed by atoms with Gasteiger partial charge in [0.25, 0.3) is 5.91 Å². The number of hydrogen-bond donors (Lipinski definition) is 1. The van der Waals surface area contributed by atoms with Gasteiger partial charge in [0.2, 0.25) is 0 Å². The summed E-state index contributed by atoms with van der Waals surface area (Å²) < 4.78 is 13.6. The van der Waals surface area contributed by atoms with Gasteiger partial charge < -0.3 is 10.0 Å². The van der Waals surface area contributed by atoms with E-state index < -0.39 is 6.10 Å². The standard InChI is InChI=1S/C18H20FN3O2/c1-3-16-15(7-11(2)20-21-16)18(24)22-10-14(23)9-17(22)12-5-4-6-13(19)8-12/h4-8,14,17,23H,3,9-10H2,1-2H3. The van der Waals surface area contributed by atoms with Crippen molar-refractivity contribution in [3.63, 3.8) is 0 Å². The molecule has 5 nitrogen and oxygen atoms in total. The Kier molecular flexibility index (Phi) is 4.57. The highest BCUT2D eigenvalue weighted by Gasteiger charge is 2.36. The zero-order valence-corrected chi connectivity index (χ0v) is 13.7. The predicted octanol–water partition coefficient (Wildman–Crippen LogP) is 2.43. The molecule has 1 aromatic carbocycles. The molecule has 0 aliphatic carbocycles. The van der Waals surface area contributed by atoms with E-state index in [4.69, 9.17) is 0 Å². The molecule has 0 spiro atoms. The Labute approximate surface area is 140 Å². The first kappa shape index (κ1) is 16.5. The van der Waals surface area contributed by atoms with E-state index in [2.05, 4.69) is 10.2 Å². The van der Waals surface area contributed by atoms with Crippen molar-refractivity contribution < 1.29 is 14.3 Å². The fourth-order valence-electron chi connectivity index (χ4n) is 3.18. The molecule has 1 aliphatic heterocycles. The van der Waals surface area contributed by atoms with Gasteiger partial charge in [-0.3, -0.25) is 4.79 Å². The van der Waals surface area contributed by atoms with E-state index in [1.165, 1.54) is 12.1 Å². The van der Waals surface area contributed by atoms with Gasteiger partial charge in [0.05, 0.1) is 29.1 Å². The van der Waals surface area contributed by atoms with Crippen molar-refractivity contribution in [1.82, 2.24) is 15.1 Å². The van der Waals surface area contributed by atoms with Crippen LogP contribution in [-0.2, 0) is 6.42 Å². The van der Waals surface area contributed by atoms with Gasteiger partial charge in [-0.2, -0.15) is 10.2 Å². The number of benzene rings is 1. The summed E-state index contributed by atoms with van der Waals surface area (Å²) in [5.41, 5.74) is 2.49.